The summed E-state index contributed by atoms with van der Waals surface area (Å²) in [6.45, 7) is 6.90. The average molecular weight is 455 g/mol. The molecule has 2 aliphatic rings. The standard InChI is InChI=1S/C26H34N2O3S/c1-18(2)17-28(21-7-5-20(6-8-21)27(3)4)32-22-9-10-25-23(15-22)24(29)16-26(31-25)19-11-13-30-14-12-19/h5-10,15,18-19,26H,11-14,16-17H2,1-4H3. The molecule has 2 aromatic carbocycles. The van der Waals surface area contributed by atoms with Crippen LogP contribution >= 0.6 is 11.9 Å². The third-order valence-electron chi connectivity index (χ3n) is 6.11. The van der Waals surface area contributed by atoms with Crippen LogP contribution in [0.15, 0.2) is 47.4 Å². The van der Waals surface area contributed by atoms with Gasteiger partial charge >= 0.3 is 0 Å². The molecule has 172 valence electrons. The Labute approximate surface area is 196 Å². The summed E-state index contributed by atoms with van der Waals surface area (Å²) < 4.78 is 14.1. The first-order valence-electron chi connectivity index (χ1n) is 11.5. The SMILES string of the molecule is CC(C)CN(Sc1ccc2c(c1)C(=O)CC(C1CCOCC1)O2)c1ccc(N(C)C)cc1. The molecule has 32 heavy (non-hydrogen) atoms. The van der Waals surface area contributed by atoms with E-state index in [2.05, 4.69) is 67.5 Å². The molecular formula is C26H34N2O3S. The van der Waals surface area contributed by atoms with Crippen LogP contribution in [0.1, 0.15) is 43.5 Å². The van der Waals surface area contributed by atoms with Crippen molar-refractivity contribution in [1.82, 2.24) is 0 Å². The van der Waals surface area contributed by atoms with Gasteiger partial charge in [-0.05, 0) is 73.2 Å². The average Bonchev–Trinajstić information content (AvgIpc) is 2.79. The largest absolute Gasteiger partial charge is 0.489 e. The van der Waals surface area contributed by atoms with Gasteiger partial charge in [0.05, 0.1) is 5.56 Å². The van der Waals surface area contributed by atoms with E-state index in [4.69, 9.17) is 9.47 Å². The Balaban J connectivity index is 1.51. The van der Waals surface area contributed by atoms with E-state index in [-0.39, 0.29) is 11.9 Å². The van der Waals surface area contributed by atoms with Crippen LogP contribution in [0.4, 0.5) is 11.4 Å². The monoisotopic (exact) mass is 454 g/mol. The Morgan fingerprint density at radius 3 is 2.38 bits per heavy atom. The first-order chi connectivity index (χ1) is 15.4. The summed E-state index contributed by atoms with van der Waals surface area (Å²) in [5.74, 6) is 1.84. The lowest BCUT2D eigenvalue weighted by Crippen LogP contribution is -2.36. The summed E-state index contributed by atoms with van der Waals surface area (Å²) in [6, 6.07) is 14.7. The molecule has 0 radical (unpaired) electrons. The molecule has 1 unspecified atom stereocenters. The predicted octanol–water partition coefficient (Wildman–Crippen LogP) is 5.68. The topological polar surface area (TPSA) is 42.0 Å². The number of hydrogen-bond acceptors (Lipinski definition) is 6. The first-order valence-corrected chi connectivity index (χ1v) is 12.3. The molecule has 0 aliphatic carbocycles. The first kappa shape index (κ1) is 23.0. The maximum atomic E-state index is 13.0. The lowest BCUT2D eigenvalue weighted by molar-refractivity contribution is 0.0119. The van der Waals surface area contributed by atoms with E-state index in [0.717, 1.165) is 48.9 Å². The predicted molar refractivity (Wildman–Crippen MR) is 132 cm³/mol. The van der Waals surface area contributed by atoms with Gasteiger partial charge in [-0.1, -0.05) is 13.8 Å². The van der Waals surface area contributed by atoms with Crippen molar-refractivity contribution in [2.24, 2.45) is 11.8 Å². The number of ketones is 1. The van der Waals surface area contributed by atoms with Gasteiger partial charge in [-0.25, -0.2) is 0 Å². The Kier molecular flexibility index (Phi) is 7.31. The third kappa shape index (κ3) is 5.41. The molecule has 0 spiro atoms. The Morgan fingerprint density at radius 1 is 1.03 bits per heavy atom. The summed E-state index contributed by atoms with van der Waals surface area (Å²) in [6.07, 6.45) is 2.38. The fourth-order valence-electron chi connectivity index (χ4n) is 4.31. The number of rotatable bonds is 7. The van der Waals surface area contributed by atoms with Crippen molar-refractivity contribution in [2.45, 2.75) is 44.1 Å². The van der Waals surface area contributed by atoms with Crippen LogP contribution < -0.4 is 13.9 Å². The number of carbonyl (C=O) groups is 1. The van der Waals surface area contributed by atoms with Crippen LogP contribution in [-0.4, -0.2) is 45.7 Å². The molecule has 1 saturated heterocycles. The van der Waals surface area contributed by atoms with Crippen LogP contribution in [0.25, 0.3) is 0 Å². The van der Waals surface area contributed by atoms with E-state index in [1.54, 1.807) is 11.9 Å². The number of fused-ring (bicyclic) bond motifs is 1. The van der Waals surface area contributed by atoms with Crippen LogP contribution in [0.5, 0.6) is 5.75 Å². The van der Waals surface area contributed by atoms with Crippen LogP contribution in [0.3, 0.4) is 0 Å². The van der Waals surface area contributed by atoms with Crippen molar-refractivity contribution in [3.8, 4) is 5.75 Å². The lowest BCUT2D eigenvalue weighted by Gasteiger charge is -2.34. The zero-order chi connectivity index (χ0) is 22.7. The molecule has 4 rings (SSSR count). The number of hydrogen-bond donors (Lipinski definition) is 0. The minimum atomic E-state index is -0.0231. The molecule has 1 fully saturated rings. The highest BCUT2D eigenvalue weighted by Crippen LogP contribution is 2.38. The number of nitrogens with zero attached hydrogens (tertiary/aromatic N) is 2. The number of carbonyl (C=O) groups excluding carboxylic acids is 1. The fourth-order valence-corrected chi connectivity index (χ4v) is 5.46. The van der Waals surface area contributed by atoms with Gasteiger partial charge in [0.15, 0.2) is 5.78 Å². The molecule has 0 amide bonds. The van der Waals surface area contributed by atoms with Gasteiger partial charge in [-0.2, -0.15) is 0 Å². The zero-order valence-electron chi connectivity index (χ0n) is 19.5. The Morgan fingerprint density at radius 2 is 1.72 bits per heavy atom. The summed E-state index contributed by atoms with van der Waals surface area (Å²) in [5, 5.41) is 0. The highest BCUT2D eigenvalue weighted by Gasteiger charge is 2.33. The van der Waals surface area contributed by atoms with E-state index >= 15 is 0 Å². The molecule has 1 atom stereocenters. The normalized spacial score (nSPS) is 18.9. The van der Waals surface area contributed by atoms with Gasteiger partial charge in [-0.15, -0.1) is 0 Å². The second kappa shape index (κ2) is 10.2. The molecule has 6 heteroatoms. The van der Waals surface area contributed by atoms with Crippen molar-refractivity contribution < 1.29 is 14.3 Å². The molecule has 2 aliphatic heterocycles. The van der Waals surface area contributed by atoms with E-state index in [1.807, 2.05) is 12.1 Å². The number of Topliss-reactive ketones (excluding diaryl/α,β-unsaturated/α-hetero) is 1. The minimum absolute atomic E-state index is 0.0231. The van der Waals surface area contributed by atoms with Crippen molar-refractivity contribution in [3.63, 3.8) is 0 Å². The molecule has 0 bridgehead atoms. The molecule has 0 saturated carbocycles. The molecule has 0 N–H and O–H groups in total. The second-order valence-corrected chi connectivity index (χ2v) is 10.4. The van der Waals surface area contributed by atoms with Gasteiger partial charge in [0.2, 0.25) is 0 Å². The quantitative estimate of drug-likeness (QED) is 0.501. The van der Waals surface area contributed by atoms with Crippen molar-refractivity contribution in [1.29, 1.82) is 0 Å². The van der Waals surface area contributed by atoms with Gasteiger partial charge in [0.25, 0.3) is 0 Å². The zero-order valence-corrected chi connectivity index (χ0v) is 20.4. The molecule has 5 nitrogen and oxygen atoms in total. The summed E-state index contributed by atoms with van der Waals surface area (Å²) in [5.41, 5.74) is 3.05. The second-order valence-electron chi connectivity index (χ2n) is 9.35. The van der Waals surface area contributed by atoms with E-state index < -0.39 is 0 Å². The maximum Gasteiger partial charge on any atom is 0.170 e. The summed E-state index contributed by atoms with van der Waals surface area (Å²) in [7, 11) is 4.10. The Hall–Kier alpha value is -2.18. The number of anilines is 2. The van der Waals surface area contributed by atoms with Crippen LogP contribution in [-0.2, 0) is 4.74 Å². The molecule has 2 aromatic rings. The number of benzene rings is 2. The van der Waals surface area contributed by atoms with Gasteiger partial charge in [0, 0.05) is 62.5 Å². The molecular weight excluding hydrogens is 420 g/mol. The summed E-state index contributed by atoms with van der Waals surface area (Å²) >= 11 is 1.68. The smallest absolute Gasteiger partial charge is 0.170 e. The van der Waals surface area contributed by atoms with Gasteiger partial charge in [-0.3, -0.25) is 4.79 Å². The van der Waals surface area contributed by atoms with Gasteiger partial charge < -0.3 is 18.7 Å². The van der Waals surface area contributed by atoms with E-state index in [0.29, 0.717) is 23.8 Å². The Bertz CT molecular complexity index is 923. The van der Waals surface area contributed by atoms with Crippen LogP contribution in [0.2, 0.25) is 0 Å². The van der Waals surface area contributed by atoms with Crippen molar-refractivity contribution >= 4 is 29.1 Å². The summed E-state index contributed by atoms with van der Waals surface area (Å²) in [4.78, 5) is 16.1. The van der Waals surface area contributed by atoms with E-state index in [9.17, 15) is 4.79 Å². The lowest BCUT2D eigenvalue weighted by atomic mass is 9.87. The maximum absolute atomic E-state index is 13.0. The highest BCUT2D eigenvalue weighted by atomic mass is 32.2. The molecule has 0 aromatic heterocycles. The van der Waals surface area contributed by atoms with Crippen molar-refractivity contribution in [2.75, 3.05) is 43.1 Å². The minimum Gasteiger partial charge on any atom is -0.489 e. The fraction of sp³-hybridized carbons (Fsp3) is 0.500. The highest BCUT2D eigenvalue weighted by molar-refractivity contribution is 8.00. The third-order valence-corrected chi connectivity index (χ3v) is 7.15. The number of ether oxygens (including phenoxy) is 2. The van der Waals surface area contributed by atoms with E-state index in [1.165, 1.54) is 5.69 Å². The molecule has 2 heterocycles. The van der Waals surface area contributed by atoms with Crippen molar-refractivity contribution in [3.05, 3.63) is 48.0 Å². The van der Waals surface area contributed by atoms with Crippen LogP contribution in [0, 0.1) is 11.8 Å². The van der Waals surface area contributed by atoms with Gasteiger partial charge in [0.1, 0.15) is 11.9 Å².